The van der Waals surface area contributed by atoms with Crippen molar-refractivity contribution in [2.24, 2.45) is 0 Å². The molecule has 1 saturated carbocycles. The Labute approximate surface area is 152 Å². The quantitative estimate of drug-likeness (QED) is 0.845. The van der Waals surface area contributed by atoms with Gasteiger partial charge in [0.2, 0.25) is 11.8 Å². The summed E-state index contributed by atoms with van der Waals surface area (Å²) in [5.41, 5.74) is 2.38. The van der Waals surface area contributed by atoms with Gasteiger partial charge < -0.3 is 5.32 Å². The summed E-state index contributed by atoms with van der Waals surface area (Å²) in [6.07, 6.45) is 2.66. The smallest absolute Gasteiger partial charge is 0.251 e. The molecule has 5 heteroatoms. The second-order valence-electron chi connectivity index (χ2n) is 7.00. The zero-order valence-electron chi connectivity index (χ0n) is 14.4. The molecule has 1 aliphatic carbocycles. The van der Waals surface area contributed by atoms with Gasteiger partial charge in [0.15, 0.2) is 0 Å². The van der Waals surface area contributed by atoms with Crippen LogP contribution in [0, 0.1) is 0 Å². The molecule has 1 heterocycles. The van der Waals surface area contributed by atoms with Gasteiger partial charge in [-0.05, 0) is 42.7 Å². The van der Waals surface area contributed by atoms with Gasteiger partial charge in [-0.15, -0.1) is 0 Å². The Morgan fingerprint density at radius 3 is 2.12 bits per heavy atom. The van der Waals surface area contributed by atoms with Crippen LogP contribution in [-0.4, -0.2) is 24.3 Å². The standard InChI is InChI=1S/C21H20N2O3/c24-18-10-11-19(25)23(18)17-8-6-15(7-9-17)20(26)22-14-21(12-13-21)16-4-2-1-3-5-16/h1-9H,10-14H2,(H,22,26). The Kier molecular flexibility index (Phi) is 4.07. The van der Waals surface area contributed by atoms with Crippen molar-refractivity contribution < 1.29 is 14.4 Å². The highest BCUT2D eigenvalue weighted by Gasteiger charge is 2.44. The summed E-state index contributed by atoms with van der Waals surface area (Å²) in [5.74, 6) is -0.519. The van der Waals surface area contributed by atoms with Crippen molar-refractivity contribution in [1.82, 2.24) is 5.32 Å². The summed E-state index contributed by atoms with van der Waals surface area (Å²) in [6.45, 7) is 0.612. The van der Waals surface area contributed by atoms with E-state index in [-0.39, 0.29) is 36.0 Å². The minimum Gasteiger partial charge on any atom is -0.351 e. The first-order valence-electron chi connectivity index (χ1n) is 8.89. The number of carbonyl (C=O) groups is 3. The second-order valence-corrected chi connectivity index (χ2v) is 7.00. The third-order valence-electron chi connectivity index (χ3n) is 5.27. The number of carbonyl (C=O) groups excluding carboxylic acids is 3. The van der Waals surface area contributed by atoms with Crippen LogP contribution in [0.2, 0.25) is 0 Å². The second kappa shape index (κ2) is 6.41. The van der Waals surface area contributed by atoms with E-state index in [4.69, 9.17) is 0 Å². The molecule has 0 radical (unpaired) electrons. The number of rotatable bonds is 5. The van der Waals surface area contributed by atoms with Crippen molar-refractivity contribution in [2.75, 3.05) is 11.4 Å². The molecule has 0 atom stereocenters. The van der Waals surface area contributed by atoms with Gasteiger partial charge in [0, 0.05) is 30.4 Å². The van der Waals surface area contributed by atoms with E-state index in [1.807, 2.05) is 18.2 Å². The molecular weight excluding hydrogens is 328 g/mol. The topological polar surface area (TPSA) is 66.5 Å². The van der Waals surface area contributed by atoms with Gasteiger partial charge in [-0.3, -0.25) is 19.3 Å². The normalized spacial score (nSPS) is 18.1. The lowest BCUT2D eigenvalue weighted by molar-refractivity contribution is -0.121. The molecule has 2 aromatic carbocycles. The van der Waals surface area contributed by atoms with Crippen LogP contribution < -0.4 is 10.2 Å². The number of anilines is 1. The molecular formula is C21H20N2O3. The molecule has 0 bridgehead atoms. The molecule has 3 amide bonds. The summed E-state index contributed by atoms with van der Waals surface area (Å²) >= 11 is 0. The first kappa shape index (κ1) is 16.5. The number of benzene rings is 2. The molecule has 2 fully saturated rings. The number of amides is 3. The van der Waals surface area contributed by atoms with Crippen LogP contribution >= 0.6 is 0 Å². The molecule has 132 valence electrons. The van der Waals surface area contributed by atoms with Crippen LogP contribution in [0.25, 0.3) is 0 Å². The van der Waals surface area contributed by atoms with E-state index in [0.29, 0.717) is 17.8 Å². The van der Waals surface area contributed by atoms with Crippen molar-refractivity contribution in [3.05, 3.63) is 65.7 Å². The monoisotopic (exact) mass is 348 g/mol. The predicted molar refractivity (Wildman–Crippen MR) is 97.9 cm³/mol. The fourth-order valence-corrected chi connectivity index (χ4v) is 3.49. The maximum Gasteiger partial charge on any atom is 0.251 e. The summed E-state index contributed by atoms with van der Waals surface area (Å²) in [4.78, 5) is 37.2. The number of nitrogens with one attached hydrogen (secondary N) is 1. The van der Waals surface area contributed by atoms with Crippen LogP contribution in [0.5, 0.6) is 0 Å². The van der Waals surface area contributed by atoms with Gasteiger partial charge in [0.05, 0.1) is 5.69 Å². The van der Waals surface area contributed by atoms with Gasteiger partial charge in [-0.1, -0.05) is 30.3 Å². The van der Waals surface area contributed by atoms with Crippen LogP contribution in [-0.2, 0) is 15.0 Å². The predicted octanol–water partition coefficient (Wildman–Crippen LogP) is 2.80. The molecule has 1 saturated heterocycles. The van der Waals surface area contributed by atoms with Crippen LogP contribution in [0.15, 0.2) is 54.6 Å². The minimum atomic E-state index is -0.189. The fraction of sp³-hybridized carbons (Fsp3) is 0.286. The lowest BCUT2D eigenvalue weighted by Gasteiger charge is -2.17. The SMILES string of the molecule is O=C(NCC1(c2ccccc2)CC1)c1ccc(N2C(=O)CCC2=O)cc1. The molecule has 0 aromatic heterocycles. The summed E-state index contributed by atoms with van der Waals surface area (Å²) < 4.78 is 0. The molecule has 2 aromatic rings. The Morgan fingerprint density at radius 1 is 0.923 bits per heavy atom. The lowest BCUT2D eigenvalue weighted by Crippen LogP contribution is -2.32. The maximum absolute atomic E-state index is 12.5. The molecule has 26 heavy (non-hydrogen) atoms. The van der Waals surface area contributed by atoms with Crippen molar-refractivity contribution in [3.63, 3.8) is 0 Å². The van der Waals surface area contributed by atoms with Crippen LogP contribution in [0.4, 0.5) is 5.69 Å². The number of hydrogen-bond acceptors (Lipinski definition) is 3. The number of imide groups is 1. The summed E-state index contributed by atoms with van der Waals surface area (Å²) in [5, 5.41) is 3.02. The first-order chi connectivity index (χ1) is 12.6. The maximum atomic E-state index is 12.5. The Balaban J connectivity index is 1.41. The van der Waals surface area contributed by atoms with E-state index in [1.54, 1.807) is 24.3 Å². The highest BCUT2D eigenvalue weighted by molar-refractivity contribution is 6.19. The van der Waals surface area contributed by atoms with E-state index in [0.717, 1.165) is 12.8 Å². The Hall–Kier alpha value is -2.95. The molecule has 5 nitrogen and oxygen atoms in total. The minimum absolute atomic E-state index is 0.0608. The molecule has 0 unspecified atom stereocenters. The fourth-order valence-electron chi connectivity index (χ4n) is 3.49. The average Bonchev–Trinajstić information content (AvgIpc) is 3.40. The zero-order chi connectivity index (χ0) is 18.1. The number of hydrogen-bond donors (Lipinski definition) is 1. The Morgan fingerprint density at radius 2 is 1.54 bits per heavy atom. The van der Waals surface area contributed by atoms with Crippen molar-refractivity contribution >= 4 is 23.4 Å². The van der Waals surface area contributed by atoms with Gasteiger partial charge in [-0.2, -0.15) is 0 Å². The molecule has 4 rings (SSSR count). The van der Waals surface area contributed by atoms with E-state index >= 15 is 0 Å². The summed E-state index contributed by atoms with van der Waals surface area (Å²) in [7, 11) is 0. The van der Waals surface area contributed by atoms with Crippen molar-refractivity contribution in [3.8, 4) is 0 Å². The first-order valence-corrected chi connectivity index (χ1v) is 8.89. The average molecular weight is 348 g/mol. The van der Waals surface area contributed by atoms with Gasteiger partial charge in [0.25, 0.3) is 5.91 Å². The third-order valence-corrected chi connectivity index (χ3v) is 5.27. The van der Waals surface area contributed by atoms with Gasteiger partial charge >= 0.3 is 0 Å². The molecule has 0 spiro atoms. The van der Waals surface area contributed by atoms with E-state index in [1.165, 1.54) is 10.5 Å². The molecule has 2 aliphatic rings. The van der Waals surface area contributed by atoms with E-state index in [9.17, 15) is 14.4 Å². The highest BCUT2D eigenvalue weighted by Crippen LogP contribution is 2.47. The summed E-state index contributed by atoms with van der Waals surface area (Å²) in [6, 6.07) is 16.9. The van der Waals surface area contributed by atoms with Crippen LogP contribution in [0.3, 0.4) is 0 Å². The van der Waals surface area contributed by atoms with Gasteiger partial charge in [-0.25, -0.2) is 0 Å². The van der Waals surface area contributed by atoms with Crippen molar-refractivity contribution in [2.45, 2.75) is 31.1 Å². The van der Waals surface area contributed by atoms with E-state index < -0.39 is 0 Å². The largest absolute Gasteiger partial charge is 0.351 e. The van der Waals surface area contributed by atoms with Crippen molar-refractivity contribution in [1.29, 1.82) is 0 Å². The zero-order valence-corrected chi connectivity index (χ0v) is 14.4. The third kappa shape index (κ3) is 3.01. The lowest BCUT2D eigenvalue weighted by atomic mass is 9.96. The molecule has 1 aliphatic heterocycles. The highest BCUT2D eigenvalue weighted by atomic mass is 16.2. The number of nitrogens with zero attached hydrogens (tertiary/aromatic N) is 1. The van der Waals surface area contributed by atoms with Crippen LogP contribution in [0.1, 0.15) is 41.6 Å². The Bertz CT molecular complexity index is 839. The molecule has 1 N–H and O–H groups in total. The van der Waals surface area contributed by atoms with Gasteiger partial charge in [0.1, 0.15) is 0 Å². The van der Waals surface area contributed by atoms with E-state index in [2.05, 4.69) is 17.4 Å².